The minimum atomic E-state index is -0.0193. The van der Waals surface area contributed by atoms with Crippen LogP contribution < -0.4 is 0 Å². The Hall–Kier alpha value is -1.95. The molecule has 7 heteroatoms. The van der Waals surface area contributed by atoms with Crippen molar-refractivity contribution in [3.63, 3.8) is 0 Å². The van der Waals surface area contributed by atoms with E-state index in [0.29, 0.717) is 28.9 Å². The van der Waals surface area contributed by atoms with Gasteiger partial charge >= 0.3 is 0 Å². The lowest BCUT2D eigenvalue weighted by atomic mass is 10.2. The van der Waals surface area contributed by atoms with E-state index in [4.69, 9.17) is 11.6 Å². The van der Waals surface area contributed by atoms with Crippen molar-refractivity contribution in [3.8, 4) is 5.82 Å². The first-order valence-corrected chi connectivity index (χ1v) is 7.36. The summed E-state index contributed by atoms with van der Waals surface area (Å²) in [6, 6.07) is 1.65. The Kier molecular flexibility index (Phi) is 3.88. The van der Waals surface area contributed by atoms with Crippen LogP contribution in [0.1, 0.15) is 30.1 Å². The number of nitrogens with zero attached hydrogens (tertiary/aromatic N) is 5. The molecule has 0 aliphatic heterocycles. The van der Waals surface area contributed by atoms with Gasteiger partial charge in [-0.15, -0.1) is 10.2 Å². The zero-order valence-corrected chi connectivity index (χ0v) is 12.5. The molecular formula is C14H16ClN5O. The standard InChI is InChI=1S/C14H16ClN5O/c1-2-19(7-10-3-4-10)14(21)11-5-12(15)13(16-6-11)20-8-17-18-9-20/h5-6,8-10H,2-4,7H2,1H3. The van der Waals surface area contributed by atoms with Crippen LogP contribution in [-0.4, -0.2) is 43.6 Å². The topological polar surface area (TPSA) is 63.9 Å². The van der Waals surface area contributed by atoms with Gasteiger partial charge in [-0.05, 0) is 31.7 Å². The van der Waals surface area contributed by atoms with Crippen LogP contribution in [0.2, 0.25) is 5.02 Å². The van der Waals surface area contributed by atoms with Crippen LogP contribution >= 0.6 is 11.6 Å². The fourth-order valence-electron chi connectivity index (χ4n) is 2.20. The summed E-state index contributed by atoms with van der Waals surface area (Å²) < 4.78 is 1.61. The first-order valence-electron chi connectivity index (χ1n) is 6.99. The fraction of sp³-hybridized carbons (Fsp3) is 0.429. The van der Waals surface area contributed by atoms with Gasteiger partial charge in [0, 0.05) is 19.3 Å². The Morgan fingerprint density at radius 2 is 2.14 bits per heavy atom. The van der Waals surface area contributed by atoms with Gasteiger partial charge in [0.05, 0.1) is 10.6 Å². The molecule has 0 spiro atoms. The van der Waals surface area contributed by atoms with Gasteiger partial charge in [0.25, 0.3) is 5.91 Å². The van der Waals surface area contributed by atoms with E-state index in [9.17, 15) is 4.79 Å². The van der Waals surface area contributed by atoms with Crippen molar-refractivity contribution >= 4 is 17.5 Å². The molecule has 0 bridgehead atoms. The smallest absolute Gasteiger partial charge is 0.255 e. The highest BCUT2D eigenvalue weighted by molar-refractivity contribution is 6.32. The molecule has 1 aliphatic carbocycles. The number of hydrogen-bond donors (Lipinski definition) is 0. The monoisotopic (exact) mass is 305 g/mol. The summed E-state index contributed by atoms with van der Waals surface area (Å²) in [5, 5.41) is 7.84. The lowest BCUT2D eigenvalue weighted by Crippen LogP contribution is -2.32. The first-order chi connectivity index (χ1) is 10.2. The van der Waals surface area contributed by atoms with Gasteiger partial charge in [0.15, 0.2) is 5.82 Å². The summed E-state index contributed by atoms with van der Waals surface area (Å²) in [6.07, 6.45) is 7.02. The van der Waals surface area contributed by atoms with E-state index in [1.54, 1.807) is 16.8 Å². The first kappa shape index (κ1) is 14.0. The predicted molar refractivity (Wildman–Crippen MR) is 78.5 cm³/mol. The van der Waals surface area contributed by atoms with Crippen molar-refractivity contribution in [2.75, 3.05) is 13.1 Å². The van der Waals surface area contributed by atoms with E-state index in [2.05, 4.69) is 15.2 Å². The number of rotatable bonds is 5. The molecule has 1 fully saturated rings. The molecule has 21 heavy (non-hydrogen) atoms. The molecule has 110 valence electrons. The van der Waals surface area contributed by atoms with Gasteiger partial charge in [-0.1, -0.05) is 11.6 Å². The number of hydrogen-bond acceptors (Lipinski definition) is 4. The maximum Gasteiger partial charge on any atom is 0.255 e. The Labute approximate surface area is 127 Å². The van der Waals surface area contributed by atoms with Crippen molar-refractivity contribution in [2.24, 2.45) is 5.92 Å². The van der Waals surface area contributed by atoms with Crippen LogP contribution in [-0.2, 0) is 0 Å². The highest BCUT2D eigenvalue weighted by Gasteiger charge is 2.26. The van der Waals surface area contributed by atoms with E-state index in [-0.39, 0.29) is 5.91 Å². The molecule has 0 radical (unpaired) electrons. The summed E-state index contributed by atoms with van der Waals surface area (Å²) in [6.45, 7) is 3.50. The number of pyridine rings is 1. The summed E-state index contributed by atoms with van der Waals surface area (Å²) in [4.78, 5) is 18.6. The maximum atomic E-state index is 12.5. The van der Waals surface area contributed by atoms with Crippen molar-refractivity contribution in [3.05, 3.63) is 35.5 Å². The second-order valence-electron chi connectivity index (χ2n) is 5.19. The van der Waals surface area contributed by atoms with Crippen LogP contribution in [0, 0.1) is 5.92 Å². The molecular weight excluding hydrogens is 290 g/mol. The van der Waals surface area contributed by atoms with Gasteiger partial charge in [0.1, 0.15) is 12.7 Å². The highest BCUT2D eigenvalue weighted by atomic mass is 35.5. The summed E-state index contributed by atoms with van der Waals surface area (Å²) in [7, 11) is 0. The average Bonchev–Trinajstić information content (AvgIpc) is 3.15. The second kappa shape index (κ2) is 5.81. The zero-order valence-electron chi connectivity index (χ0n) is 11.7. The van der Waals surface area contributed by atoms with E-state index in [1.165, 1.54) is 25.5 Å². The van der Waals surface area contributed by atoms with Crippen molar-refractivity contribution in [2.45, 2.75) is 19.8 Å². The van der Waals surface area contributed by atoms with Crippen LogP contribution in [0.3, 0.4) is 0 Å². The van der Waals surface area contributed by atoms with E-state index >= 15 is 0 Å². The molecule has 2 heterocycles. The number of amides is 1. The minimum Gasteiger partial charge on any atom is -0.339 e. The molecule has 2 aromatic rings. The van der Waals surface area contributed by atoms with Gasteiger partial charge in [-0.3, -0.25) is 9.36 Å². The number of carbonyl (C=O) groups is 1. The zero-order chi connectivity index (χ0) is 14.8. The van der Waals surface area contributed by atoms with E-state index < -0.39 is 0 Å². The van der Waals surface area contributed by atoms with Gasteiger partial charge < -0.3 is 4.90 Å². The van der Waals surface area contributed by atoms with Gasteiger partial charge in [-0.2, -0.15) is 0 Å². The summed E-state index contributed by atoms with van der Waals surface area (Å²) in [5.74, 6) is 1.16. The Morgan fingerprint density at radius 3 is 2.71 bits per heavy atom. The predicted octanol–water partition coefficient (Wildman–Crippen LogP) is 2.19. The third-order valence-electron chi connectivity index (χ3n) is 3.58. The SMILES string of the molecule is CCN(CC1CC1)C(=O)c1cnc(-n2cnnc2)c(Cl)c1. The summed E-state index contributed by atoms with van der Waals surface area (Å²) in [5.41, 5.74) is 0.513. The quantitative estimate of drug-likeness (QED) is 0.849. The lowest BCUT2D eigenvalue weighted by Gasteiger charge is -2.20. The van der Waals surface area contributed by atoms with Gasteiger partial charge in [-0.25, -0.2) is 4.98 Å². The average molecular weight is 306 g/mol. The van der Waals surface area contributed by atoms with E-state index in [1.807, 2.05) is 11.8 Å². The maximum absolute atomic E-state index is 12.5. The molecule has 6 nitrogen and oxygen atoms in total. The van der Waals surface area contributed by atoms with Crippen LogP contribution in [0.15, 0.2) is 24.9 Å². The van der Waals surface area contributed by atoms with Gasteiger partial charge in [0.2, 0.25) is 0 Å². The molecule has 1 amide bonds. The number of aromatic nitrogens is 4. The highest BCUT2D eigenvalue weighted by Crippen LogP contribution is 2.30. The lowest BCUT2D eigenvalue weighted by molar-refractivity contribution is 0.0756. The van der Waals surface area contributed by atoms with Crippen molar-refractivity contribution < 1.29 is 4.79 Å². The van der Waals surface area contributed by atoms with E-state index in [0.717, 1.165) is 6.54 Å². The fourth-order valence-corrected chi connectivity index (χ4v) is 2.46. The van der Waals surface area contributed by atoms with Crippen molar-refractivity contribution in [1.29, 1.82) is 0 Å². The molecule has 1 aliphatic rings. The van der Waals surface area contributed by atoms with Crippen molar-refractivity contribution in [1.82, 2.24) is 24.6 Å². The van der Waals surface area contributed by atoms with Crippen LogP contribution in [0.5, 0.6) is 0 Å². The molecule has 2 aromatic heterocycles. The molecule has 1 saturated carbocycles. The number of halogens is 1. The molecule has 0 atom stereocenters. The largest absolute Gasteiger partial charge is 0.339 e. The number of carbonyl (C=O) groups excluding carboxylic acids is 1. The molecule has 0 aromatic carbocycles. The third-order valence-corrected chi connectivity index (χ3v) is 3.85. The Morgan fingerprint density at radius 1 is 1.43 bits per heavy atom. The summed E-state index contributed by atoms with van der Waals surface area (Å²) >= 11 is 6.22. The van der Waals surface area contributed by atoms with Crippen LogP contribution in [0.4, 0.5) is 0 Å². The minimum absolute atomic E-state index is 0.0193. The molecule has 0 saturated heterocycles. The third kappa shape index (κ3) is 3.05. The Balaban J connectivity index is 1.82. The second-order valence-corrected chi connectivity index (χ2v) is 5.59. The Bertz CT molecular complexity index is 639. The molecule has 0 unspecified atom stereocenters. The molecule has 3 rings (SSSR count). The normalized spacial score (nSPS) is 14.2. The molecule has 0 N–H and O–H groups in total. The van der Waals surface area contributed by atoms with Crippen LogP contribution in [0.25, 0.3) is 5.82 Å².